The fourth-order valence-corrected chi connectivity index (χ4v) is 2.36. The van der Waals surface area contributed by atoms with Crippen molar-refractivity contribution < 1.29 is 0 Å². The van der Waals surface area contributed by atoms with Crippen LogP contribution in [0.1, 0.15) is 44.9 Å². The van der Waals surface area contributed by atoms with Crippen LogP contribution < -0.4 is 5.32 Å². The van der Waals surface area contributed by atoms with Crippen LogP contribution in [0.2, 0.25) is 0 Å². The lowest BCUT2D eigenvalue weighted by atomic mass is 9.71. The number of hydrogen-bond donors (Lipinski definition) is 1. The summed E-state index contributed by atoms with van der Waals surface area (Å²) in [7, 11) is 0. The second kappa shape index (κ2) is 4.84. The Kier molecular flexibility index (Phi) is 3.48. The summed E-state index contributed by atoms with van der Waals surface area (Å²) in [6.45, 7) is 1.27. The van der Waals surface area contributed by atoms with Gasteiger partial charge in [-0.25, -0.2) is 0 Å². The topological polar surface area (TPSA) is 12.0 Å². The van der Waals surface area contributed by atoms with Gasteiger partial charge in [0.2, 0.25) is 0 Å². The van der Waals surface area contributed by atoms with Crippen LogP contribution in [0.3, 0.4) is 0 Å². The molecule has 0 amide bonds. The monoisotopic (exact) mass is 191 g/mol. The molecular formula is C13H21N. The molecule has 0 heterocycles. The maximum atomic E-state index is 5.25. The van der Waals surface area contributed by atoms with Gasteiger partial charge in [0.15, 0.2) is 0 Å². The van der Waals surface area contributed by atoms with Crippen LogP contribution in [-0.4, -0.2) is 12.6 Å². The van der Waals surface area contributed by atoms with E-state index in [0.29, 0.717) is 0 Å². The lowest BCUT2D eigenvalue weighted by Crippen LogP contribution is -2.36. The van der Waals surface area contributed by atoms with Crippen LogP contribution >= 0.6 is 0 Å². The Morgan fingerprint density at radius 1 is 1.14 bits per heavy atom. The smallest absolute Gasteiger partial charge is 0.00861 e. The number of hydrogen-bond acceptors (Lipinski definition) is 1. The number of rotatable bonds is 6. The van der Waals surface area contributed by atoms with Gasteiger partial charge in [0.05, 0.1) is 0 Å². The van der Waals surface area contributed by atoms with E-state index in [9.17, 15) is 0 Å². The van der Waals surface area contributed by atoms with E-state index in [1.165, 1.54) is 45.1 Å². The minimum Gasteiger partial charge on any atom is -0.314 e. The van der Waals surface area contributed by atoms with Crippen LogP contribution in [0, 0.1) is 24.2 Å². The molecule has 14 heavy (non-hydrogen) atoms. The molecule has 2 unspecified atom stereocenters. The maximum absolute atomic E-state index is 5.25. The molecule has 0 radical (unpaired) electrons. The SMILES string of the molecule is C#CCCCC1CCC1CNC1CC1. The summed E-state index contributed by atoms with van der Waals surface area (Å²) in [6, 6.07) is 0.877. The second-order valence-corrected chi connectivity index (χ2v) is 4.88. The van der Waals surface area contributed by atoms with Crippen molar-refractivity contribution in [1.29, 1.82) is 0 Å². The average molecular weight is 191 g/mol. The first-order valence-corrected chi connectivity index (χ1v) is 6.07. The molecule has 0 aromatic rings. The van der Waals surface area contributed by atoms with Crippen LogP contribution in [0.5, 0.6) is 0 Å². The van der Waals surface area contributed by atoms with Crippen molar-refractivity contribution in [3.05, 3.63) is 0 Å². The van der Waals surface area contributed by atoms with E-state index in [-0.39, 0.29) is 0 Å². The quantitative estimate of drug-likeness (QED) is 0.502. The third-order valence-corrected chi connectivity index (χ3v) is 3.72. The van der Waals surface area contributed by atoms with Gasteiger partial charge in [-0.05, 0) is 56.9 Å². The minimum absolute atomic E-state index is 0.877. The van der Waals surface area contributed by atoms with Gasteiger partial charge in [0.1, 0.15) is 0 Å². The van der Waals surface area contributed by atoms with E-state index in [2.05, 4.69) is 11.2 Å². The third kappa shape index (κ3) is 2.75. The van der Waals surface area contributed by atoms with Crippen LogP contribution in [0.4, 0.5) is 0 Å². The average Bonchev–Trinajstić information content (AvgIpc) is 2.94. The highest BCUT2D eigenvalue weighted by Gasteiger charge is 2.31. The van der Waals surface area contributed by atoms with Gasteiger partial charge in [-0.3, -0.25) is 0 Å². The molecule has 0 aromatic carbocycles. The van der Waals surface area contributed by atoms with Crippen molar-refractivity contribution >= 4 is 0 Å². The van der Waals surface area contributed by atoms with Gasteiger partial charge < -0.3 is 5.32 Å². The molecular weight excluding hydrogens is 170 g/mol. The molecule has 1 N–H and O–H groups in total. The number of nitrogens with one attached hydrogen (secondary N) is 1. The zero-order chi connectivity index (χ0) is 9.80. The second-order valence-electron chi connectivity index (χ2n) is 4.88. The maximum Gasteiger partial charge on any atom is 0.00861 e. The Balaban J connectivity index is 1.55. The standard InChI is InChI=1S/C13H21N/c1-2-3-4-5-11-6-7-12(11)10-14-13-8-9-13/h1,11-14H,3-10H2. The van der Waals surface area contributed by atoms with E-state index >= 15 is 0 Å². The molecule has 0 spiro atoms. The summed E-state index contributed by atoms with van der Waals surface area (Å²) < 4.78 is 0. The van der Waals surface area contributed by atoms with E-state index in [4.69, 9.17) is 6.42 Å². The molecule has 0 aromatic heterocycles. The van der Waals surface area contributed by atoms with Crippen molar-refractivity contribution in [3.8, 4) is 12.3 Å². The van der Waals surface area contributed by atoms with Crippen molar-refractivity contribution in [2.75, 3.05) is 6.54 Å². The molecule has 1 nitrogen and oxygen atoms in total. The van der Waals surface area contributed by atoms with Crippen molar-refractivity contribution in [2.24, 2.45) is 11.8 Å². The first-order valence-electron chi connectivity index (χ1n) is 6.07. The van der Waals surface area contributed by atoms with E-state index in [1.54, 1.807) is 0 Å². The lowest BCUT2D eigenvalue weighted by Gasteiger charge is -2.37. The molecule has 2 atom stereocenters. The molecule has 2 saturated carbocycles. The Morgan fingerprint density at radius 3 is 2.50 bits per heavy atom. The van der Waals surface area contributed by atoms with Gasteiger partial charge in [-0.1, -0.05) is 0 Å². The normalized spacial score (nSPS) is 30.8. The van der Waals surface area contributed by atoms with Crippen molar-refractivity contribution in [2.45, 2.75) is 51.0 Å². The van der Waals surface area contributed by atoms with Crippen LogP contribution in [0.15, 0.2) is 0 Å². The van der Waals surface area contributed by atoms with Crippen molar-refractivity contribution in [3.63, 3.8) is 0 Å². The Hall–Kier alpha value is -0.480. The summed E-state index contributed by atoms with van der Waals surface area (Å²) in [6.07, 6.45) is 14.5. The lowest BCUT2D eigenvalue weighted by molar-refractivity contribution is 0.157. The van der Waals surface area contributed by atoms with E-state index < -0.39 is 0 Å². The van der Waals surface area contributed by atoms with E-state index in [0.717, 1.165) is 24.3 Å². The minimum atomic E-state index is 0.877. The predicted octanol–water partition coefficient (Wildman–Crippen LogP) is 2.57. The zero-order valence-corrected chi connectivity index (χ0v) is 8.97. The molecule has 78 valence electrons. The highest BCUT2D eigenvalue weighted by molar-refractivity contribution is 4.88. The number of unbranched alkanes of at least 4 members (excludes halogenated alkanes) is 1. The van der Waals surface area contributed by atoms with E-state index in [1.807, 2.05) is 0 Å². The van der Waals surface area contributed by atoms with Gasteiger partial charge in [0.25, 0.3) is 0 Å². The van der Waals surface area contributed by atoms with Crippen LogP contribution in [0.25, 0.3) is 0 Å². The first-order chi connectivity index (χ1) is 6.90. The summed E-state index contributed by atoms with van der Waals surface area (Å²) in [5, 5.41) is 3.64. The van der Waals surface area contributed by atoms with Gasteiger partial charge in [0, 0.05) is 12.5 Å². The highest BCUT2D eigenvalue weighted by atomic mass is 14.9. The first kappa shape index (κ1) is 10.1. The Morgan fingerprint density at radius 2 is 1.93 bits per heavy atom. The predicted molar refractivity (Wildman–Crippen MR) is 59.9 cm³/mol. The zero-order valence-electron chi connectivity index (χ0n) is 8.97. The van der Waals surface area contributed by atoms with Gasteiger partial charge in [-0.15, -0.1) is 12.3 Å². The Labute approximate surface area is 87.7 Å². The molecule has 0 aliphatic heterocycles. The third-order valence-electron chi connectivity index (χ3n) is 3.72. The summed E-state index contributed by atoms with van der Waals surface area (Å²) in [5.41, 5.74) is 0. The largest absolute Gasteiger partial charge is 0.314 e. The number of terminal acetylenes is 1. The molecule has 0 saturated heterocycles. The highest BCUT2D eigenvalue weighted by Crippen LogP contribution is 2.37. The molecule has 2 aliphatic rings. The summed E-state index contributed by atoms with van der Waals surface area (Å²) in [4.78, 5) is 0. The molecule has 1 heteroatoms. The molecule has 2 rings (SSSR count). The molecule has 2 fully saturated rings. The van der Waals surface area contributed by atoms with Crippen molar-refractivity contribution in [1.82, 2.24) is 5.32 Å². The molecule has 0 bridgehead atoms. The van der Waals surface area contributed by atoms with Gasteiger partial charge in [-0.2, -0.15) is 0 Å². The Bertz CT molecular complexity index is 212. The van der Waals surface area contributed by atoms with Gasteiger partial charge >= 0.3 is 0 Å². The van der Waals surface area contributed by atoms with Crippen LogP contribution in [-0.2, 0) is 0 Å². The summed E-state index contributed by atoms with van der Waals surface area (Å²) >= 11 is 0. The fourth-order valence-electron chi connectivity index (χ4n) is 2.36. The molecule has 2 aliphatic carbocycles. The summed E-state index contributed by atoms with van der Waals surface area (Å²) in [5.74, 6) is 4.68. The fraction of sp³-hybridized carbons (Fsp3) is 0.846.